The van der Waals surface area contributed by atoms with Crippen molar-refractivity contribution in [3.8, 4) is 0 Å². The normalized spacial score (nSPS) is 23.4. The van der Waals surface area contributed by atoms with Crippen molar-refractivity contribution in [2.75, 3.05) is 0 Å². The lowest BCUT2D eigenvalue weighted by Gasteiger charge is -2.42. The fourth-order valence-electron chi connectivity index (χ4n) is 2.50. The molecule has 116 valence electrons. The smallest absolute Gasteiger partial charge is 0.246 e. The van der Waals surface area contributed by atoms with E-state index < -0.39 is 12.1 Å². The summed E-state index contributed by atoms with van der Waals surface area (Å²) in [4.78, 5) is 30.7. The predicted octanol–water partition coefficient (Wildman–Crippen LogP) is 1.03. The Kier molecular flexibility index (Phi) is 4.02. The minimum atomic E-state index is -0.541. The summed E-state index contributed by atoms with van der Waals surface area (Å²) in [7, 11) is 0. The molecule has 1 aromatic rings. The third-order valence-corrected chi connectivity index (χ3v) is 3.63. The van der Waals surface area contributed by atoms with Crippen molar-refractivity contribution in [2.45, 2.75) is 59.7 Å². The van der Waals surface area contributed by atoms with Crippen LogP contribution >= 0.6 is 0 Å². The zero-order valence-electron chi connectivity index (χ0n) is 13.1. The minimum absolute atomic E-state index is 0.101. The molecule has 0 aliphatic carbocycles. The largest absolute Gasteiger partial charge is 0.342 e. The first-order valence-electron chi connectivity index (χ1n) is 7.14. The fourth-order valence-corrected chi connectivity index (χ4v) is 2.50. The molecule has 1 aliphatic heterocycles. The first kappa shape index (κ1) is 15.5. The van der Waals surface area contributed by atoms with E-state index in [2.05, 4.69) is 15.5 Å². The molecule has 1 aromatic heterocycles. The highest BCUT2D eigenvalue weighted by Crippen LogP contribution is 2.26. The maximum atomic E-state index is 12.7. The Labute approximate surface area is 124 Å². The highest BCUT2D eigenvalue weighted by Gasteiger charge is 2.44. The highest BCUT2D eigenvalue weighted by atomic mass is 16.5. The van der Waals surface area contributed by atoms with Crippen LogP contribution in [0.5, 0.6) is 0 Å². The van der Waals surface area contributed by atoms with Crippen molar-refractivity contribution in [3.05, 3.63) is 11.7 Å². The molecular weight excluding hydrogens is 272 g/mol. The average Bonchev–Trinajstić information content (AvgIpc) is 2.78. The van der Waals surface area contributed by atoms with Crippen molar-refractivity contribution in [2.24, 2.45) is 5.41 Å². The van der Waals surface area contributed by atoms with E-state index in [9.17, 15) is 9.59 Å². The van der Waals surface area contributed by atoms with Crippen LogP contribution in [0.15, 0.2) is 4.52 Å². The number of carbonyl (C=O) groups is 2. The summed E-state index contributed by atoms with van der Waals surface area (Å²) in [5.74, 6) is 0.634. The summed E-state index contributed by atoms with van der Waals surface area (Å²) in [6.45, 7) is 9.55. The lowest BCUT2D eigenvalue weighted by Crippen LogP contribution is -2.66. The van der Waals surface area contributed by atoms with Gasteiger partial charge in [0.15, 0.2) is 5.82 Å². The summed E-state index contributed by atoms with van der Waals surface area (Å²) < 4.78 is 4.93. The maximum absolute atomic E-state index is 12.7. The van der Waals surface area contributed by atoms with Gasteiger partial charge in [0.2, 0.25) is 17.7 Å². The van der Waals surface area contributed by atoms with Gasteiger partial charge in [-0.25, -0.2) is 0 Å². The average molecular weight is 294 g/mol. The lowest BCUT2D eigenvalue weighted by molar-refractivity contribution is -0.153. The van der Waals surface area contributed by atoms with Crippen LogP contribution in [0.25, 0.3) is 0 Å². The van der Waals surface area contributed by atoms with E-state index >= 15 is 0 Å². The number of hydrogen-bond donors (Lipinski definition) is 1. The van der Waals surface area contributed by atoms with E-state index in [-0.39, 0.29) is 23.8 Å². The summed E-state index contributed by atoms with van der Waals surface area (Å²) >= 11 is 0. The molecule has 0 radical (unpaired) electrons. The van der Waals surface area contributed by atoms with Crippen molar-refractivity contribution >= 4 is 11.8 Å². The SMILES string of the molecule is CCC1C(=O)NC(C(C)(C)C)C(=O)N1Cc1noc(C)n1. The van der Waals surface area contributed by atoms with Crippen LogP contribution in [0.4, 0.5) is 0 Å². The minimum Gasteiger partial charge on any atom is -0.342 e. The van der Waals surface area contributed by atoms with Gasteiger partial charge in [-0.2, -0.15) is 4.98 Å². The van der Waals surface area contributed by atoms with Crippen molar-refractivity contribution in [1.82, 2.24) is 20.4 Å². The van der Waals surface area contributed by atoms with E-state index in [1.807, 2.05) is 27.7 Å². The molecule has 0 saturated carbocycles. The second-order valence-electron chi connectivity index (χ2n) is 6.43. The maximum Gasteiger partial charge on any atom is 0.246 e. The van der Waals surface area contributed by atoms with Gasteiger partial charge in [-0.3, -0.25) is 9.59 Å². The van der Waals surface area contributed by atoms with E-state index in [0.29, 0.717) is 18.1 Å². The molecular formula is C14H22N4O3. The number of nitrogens with one attached hydrogen (secondary N) is 1. The number of piperazine rings is 1. The topological polar surface area (TPSA) is 88.3 Å². The van der Waals surface area contributed by atoms with Gasteiger partial charge in [-0.15, -0.1) is 0 Å². The molecule has 0 spiro atoms. The van der Waals surface area contributed by atoms with Crippen LogP contribution in [0, 0.1) is 12.3 Å². The molecule has 1 N–H and O–H groups in total. The summed E-state index contributed by atoms with van der Waals surface area (Å²) in [6, 6.07) is -1.03. The second kappa shape index (κ2) is 5.46. The van der Waals surface area contributed by atoms with Crippen LogP contribution in [-0.2, 0) is 16.1 Å². The van der Waals surface area contributed by atoms with E-state index in [1.165, 1.54) is 0 Å². The summed E-state index contributed by atoms with van der Waals surface area (Å²) in [5.41, 5.74) is -0.350. The molecule has 7 heteroatoms. The first-order valence-corrected chi connectivity index (χ1v) is 7.14. The predicted molar refractivity (Wildman–Crippen MR) is 75.0 cm³/mol. The van der Waals surface area contributed by atoms with Gasteiger partial charge >= 0.3 is 0 Å². The molecule has 2 atom stereocenters. The van der Waals surface area contributed by atoms with Crippen LogP contribution in [0.1, 0.15) is 45.8 Å². The Morgan fingerprint density at radius 2 is 2.00 bits per heavy atom. The standard InChI is InChI=1S/C14H22N4O3/c1-6-9-12(19)16-11(14(3,4)5)13(20)18(9)7-10-15-8(2)21-17-10/h9,11H,6-7H2,1-5H3,(H,16,19). The Balaban J connectivity index is 2.28. The third kappa shape index (κ3) is 3.06. The van der Waals surface area contributed by atoms with Gasteiger partial charge in [0.05, 0.1) is 6.54 Å². The zero-order chi connectivity index (χ0) is 15.8. The third-order valence-electron chi connectivity index (χ3n) is 3.63. The Hall–Kier alpha value is -1.92. The molecule has 1 fully saturated rings. The highest BCUT2D eigenvalue weighted by molar-refractivity contribution is 5.97. The number of hydrogen-bond acceptors (Lipinski definition) is 5. The Morgan fingerprint density at radius 1 is 1.33 bits per heavy atom. The molecule has 2 unspecified atom stereocenters. The molecule has 2 rings (SSSR count). The molecule has 1 saturated heterocycles. The summed E-state index contributed by atoms with van der Waals surface area (Å²) in [6.07, 6.45) is 0.547. The van der Waals surface area contributed by atoms with Crippen LogP contribution in [0.2, 0.25) is 0 Å². The van der Waals surface area contributed by atoms with E-state index in [0.717, 1.165) is 0 Å². The van der Waals surface area contributed by atoms with Crippen LogP contribution < -0.4 is 5.32 Å². The van der Waals surface area contributed by atoms with Gasteiger partial charge in [-0.05, 0) is 11.8 Å². The van der Waals surface area contributed by atoms with Gasteiger partial charge in [-0.1, -0.05) is 32.9 Å². The van der Waals surface area contributed by atoms with Crippen molar-refractivity contribution in [1.29, 1.82) is 0 Å². The molecule has 21 heavy (non-hydrogen) atoms. The Morgan fingerprint density at radius 3 is 2.48 bits per heavy atom. The number of amides is 2. The lowest BCUT2D eigenvalue weighted by atomic mass is 9.83. The summed E-state index contributed by atoms with van der Waals surface area (Å²) in [5, 5.41) is 6.65. The fraction of sp³-hybridized carbons (Fsp3) is 0.714. The first-order chi connectivity index (χ1) is 9.74. The van der Waals surface area contributed by atoms with E-state index in [4.69, 9.17) is 4.52 Å². The molecule has 2 heterocycles. The Bertz CT molecular complexity index is 547. The van der Waals surface area contributed by atoms with E-state index in [1.54, 1.807) is 11.8 Å². The molecule has 2 amide bonds. The molecule has 7 nitrogen and oxygen atoms in total. The molecule has 0 aromatic carbocycles. The quantitative estimate of drug-likeness (QED) is 0.899. The van der Waals surface area contributed by atoms with Crippen molar-refractivity contribution in [3.63, 3.8) is 0 Å². The molecule has 0 bridgehead atoms. The van der Waals surface area contributed by atoms with Gasteiger partial charge in [0.25, 0.3) is 0 Å². The van der Waals surface area contributed by atoms with Crippen LogP contribution in [0.3, 0.4) is 0 Å². The van der Waals surface area contributed by atoms with Crippen LogP contribution in [-0.4, -0.2) is 38.9 Å². The number of nitrogens with zero attached hydrogens (tertiary/aromatic N) is 3. The van der Waals surface area contributed by atoms with Gasteiger partial charge in [0.1, 0.15) is 12.1 Å². The van der Waals surface area contributed by atoms with Gasteiger partial charge < -0.3 is 14.7 Å². The van der Waals surface area contributed by atoms with Crippen molar-refractivity contribution < 1.29 is 14.1 Å². The molecule has 1 aliphatic rings. The number of aryl methyl sites for hydroxylation is 1. The number of aromatic nitrogens is 2. The number of carbonyl (C=O) groups excluding carboxylic acids is 2. The zero-order valence-corrected chi connectivity index (χ0v) is 13.1. The second-order valence-corrected chi connectivity index (χ2v) is 6.43. The monoisotopic (exact) mass is 294 g/mol. The number of rotatable bonds is 3. The van der Waals surface area contributed by atoms with Gasteiger partial charge in [0, 0.05) is 6.92 Å².